The second-order valence-corrected chi connectivity index (χ2v) is 9.13. The normalized spacial score (nSPS) is 12.8. The summed E-state index contributed by atoms with van der Waals surface area (Å²) >= 11 is 13.8. The van der Waals surface area contributed by atoms with Crippen molar-refractivity contribution in [3.05, 3.63) is 69.5 Å². The lowest BCUT2D eigenvalue weighted by Gasteiger charge is -2.29. The van der Waals surface area contributed by atoms with Crippen molar-refractivity contribution in [2.24, 2.45) is 0 Å². The summed E-state index contributed by atoms with van der Waals surface area (Å²) in [5, 5.41) is 4.03. The highest BCUT2D eigenvalue weighted by Crippen LogP contribution is 2.28. The minimum atomic E-state index is -0.670. The molecular weight excluding hydrogens is 458 g/mol. The van der Waals surface area contributed by atoms with Gasteiger partial charge in [-0.2, -0.15) is 0 Å². The van der Waals surface area contributed by atoms with Crippen LogP contribution in [0.5, 0.6) is 0 Å². The van der Waals surface area contributed by atoms with Gasteiger partial charge in [0.15, 0.2) is 0 Å². The summed E-state index contributed by atoms with van der Waals surface area (Å²) < 4.78 is 13.3. The van der Waals surface area contributed by atoms with Gasteiger partial charge in [0.25, 0.3) is 0 Å². The van der Waals surface area contributed by atoms with Crippen LogP contribution in [0.4, 0.5) is 4.39 Å². The van der Waals surface area contributed by atoms with Gasteiger partial charge in [0.1, 0.15) is 11.9 Å². The van der Waals surface area contributed by atoms with Crippen molar-refractivity contribution in [1.82, 2.24) is 10.2 Å². The first kappa shape index (κ1) is 25.5. The van der Waals surface area contributed by atoms with Crippen molar-refractivity contribution in [2.45, 2.75) is 51.6 Å². The zero-order valence-corrected chi connectivity index (χ0v) is 20.2. The van der Waals surface area contributed by atoms with E-state index >= 15 is 0 Å². The molecule has 2 aromatic rings. The Balaban J connectivity index is 2.11. The van der Waals surface area contributed by atoms with Gasteiger partial charge in [-0.25, -0.2) is 4.39 Å². The van der Waals surface area contributed by atoms with Crippen molar-refractivity contribution in [1.29, 1.82) is 0 Å². The number of nitrogens with zero attached hydrogens (tertiary/aromatic N) is 1. The van der Waals surface area contributed by atoms with Crippen LogP contribution in [0.15, 0.2) is 42.5 Å². The average molecular weight is 485 g/mol. The number of amides is 2. The van der Waals surface area contributed by atoms with Gasteiger partial charge in [-0.3, -0.25) is 9.59 Å². The molecule has 2 unspecified atom stereocenters. The molecule has 0 saturated carbocycles. The molecule has 31 heavy (non-hydrogen) atoms. The molecule has 168 valence electrons. The molecule has 0 bridgehead atoms. The van der Waals surface area contributed by atoms with Crippen LogP contribution in [0, 0.1) is 5.82 Å². The Morgan fingerprint density at radius 2 is 1.71 bits per heavy atom. The molecule has 8 heteroatoms. The van der Waals surface area contributed by atoms with Crippen molar-refractivity contribution >= 4 is 46.8 Å². The van der Waals surface area contributed by atoms with Crippen LogP contribution in [-0.2, 0) is 21.9 Å². The first-order valence-corrected chi connectivity index (χ1v) is 12.0. The Hall–Kier alpha value is -1.76. The molecular formula is C23H27Cl2FN2O2S. The second kappa shape index (κ2) is 12.3. The van der Waals surface area contributed by atoms with E-state index in [1.165, 1.54) is 28.8 Å². The van der Waals surface area contributed by atoms with Gasteiger partial charge >= 0.3 is 0 Å². The molecule has 2 aromatic carbocycles. The van der Waals surface area contributed by atoms with Gasteiger partial charge in [0, 0.05) is 28.4 Å². The van der Waals surface area contributed by atoms with Gasteiger partial charge in [-0.1, -0.05) is 48.3 Å². The van der Waals surface area contributed by atoms with Crippen LogP contribution >= 0.6 is 35.0 Å². The topological polar surface area (TPSA) is 49.4 Å². The number of thioether (sulfide) groups is 1. The maximum absolute atomic E-state index is 13.3. The summed E-state index contributed by atoms with van der Waals surface area (Å²) in [4.78, 5) is 27.3. The number of hydrogen-bond donors (Lipinski definition) is 1. The number of carbonyl (C=O) groups is 2. The van der Waals surface area contributed by atoms with Crippen molar-refractivity contribution in [3.63, 3.8) is 0 Å². The number of hydrogen-bond acceptors (Lipinski definition) is 3. The Bertz CT molecular complexity index is 875. The monoisotopic (exact) mass is 484 g/mol. The van der Waals surface area contributed by atoms with Crippen LogP contribution < -0.4 is 5.32 Å². The first-order valence-electron chi connectivity index (χ1n) is 10.1. The number of halogens is 3. The van der Waals surface area contributed by atoms with E-state index in [1.54, 1.807) is 37.3 Å². The fourth-order valence-corrected chi connectivity index (χ4v) is 4.48. The Labute approximate surface area is 197 Å². The van der Waals surface area contributed by atoms with Gasteiger partial charge < -0.3 is 10.2 Å². The molecule has 2 rings (SSSR count). The Morgan fingerprint density at radius 3 is 2.29 bits per heavy atom. The molecule has 0 heterocycles. The van der Waals surface area contributed by atoms with Gasteiger partial charge in [0.05, 0.1) is 5.75 Å². The first-order chi connectivity index (χ1) is 14.7. The molecule has 4 nitrogen and oxygen atoms in total. The van der Waals surface area contributed by atoms with E-state index in [0.29, 0.717) is 15.8 Å². The number of carbonyl (C=O) groups excluding carboxylic acids is 2. The molecule has 0 radical (unpaired) electrons. The maximum Gasteiger partial charge on any atom is 0.242 e. The van der Waals surface area contributed by atoms with Crippen LogP contribution in [-0.4, -0.2) is 34.6 Å². The molecule has 0 aromatic heterocycles. The summed E-state index contributed by atoms with van der Waals surface area (Å²) in [6.45, 7) is 5.81. The number of rotatable bonds is 10. The largest absolute Gasteiger partial charge is 0.352 e. The second-order valence-electron chi connectivity index (χ2n) is 7.33. The van der Waals surface area contributed by atoms with Gasteiger partial charge in [-0.15, -0.1) is 11.8 Å². The van der Waals surface area contributed by atoms with E-state index in [-0.39, 0.29) is 36.0 Å². The lowest BCUT2D eigenvalue weighted by Crippen LogP contribution is -2.50. The predicted molar refractivity (Wildman–Crippen MR) is 127 cm³/mol. The molecule has 0 aliphatic rings. The fourth-order valence-electron chi connectivity index (χ4n) is 2.83. The zero-order valence-electron chi connectivity index (χ0n) is 17.8. The summed E-state index contributed by atoms with van der Waals surface area (Å²) in [6.07, 6.45) is 0.790. The highest BCUT2D eigenvalue weighted by Gasteiger charge is 2.26. The fraction of sp³-hybridized carbons (Fsp3) is 0.391. The molecule has 0 aliphatic carbocycles. The standard InChI is InChI=1S/C23H27Cl2FN2O2S/c1-4-15(2)27-23(30)16(3)28(12-17-8-10-18(26)11-9-17)22(29)14-31-13-19-20(24)6-5-7-21(19)25/h5-11,15-16H,4,12-14H2,1-3H3,(H,27,30). The van der Waals surface area contributed by atoms with E-state index < -0.39 is 6.04 Å². The predicted octanol–water partition coefficient (Wildman–Crippen LogP) is 5.70. The molecule has 1 N–H and O–H groups in total. The smallest absolute Gasteiger partial charge is 0.242 e. The highest BCUT2D eigenvalue weighted by molar-refractivity contribution is 7.99. The minimum Gasteiger partial charge on any atom is -0.352 e. The SMILES string of the molecule is CCC(C)NC(=O)C(C)N(Cc1ccc(F)cc1)C(=O)CSCc1c(Cl)cccc1Cl. The molecule has 2 atom stereocenters. The van der Waals surface area contributed by atoms with Crippen LogP contribution in [0.25, 0.3) is 0 Å². The van der Waals surface area contributed by atoms with E-state index in [4.69, 9.17) is 23.2 Å². The van der Waals surface area contributed by atoms with Crippen molar-refractivity contribution < 1.29 is 14.0 Å². The van der Waals surface area contributed by atoms with Crippen LogP contribution in [0.3, 0.4) is 0 Å². The van der Waals surface area contributed by atoms with E-state index in [9.17, 15) is 14.0 Å². The Morgan fingerprint density at radius 1 is 1.10 bits per heavy atom. The molecule has 0 saturated heterocycles. The summed E-state index contributed by atoms with van der Waals surface area (Å²) in [7, 11) is 0. The quantitative estimate of drug-likeness (QED) is 0.470. The molecule has 0 fully saturated rings. The van der Waals surface area contributed by atoms with E-state index in [1.807, 2.05) is 13.8 Å². The van der Waals surface area contributed by atoms with Gasteiger partial charge in [0.2, 0.25) is 11.8 Å². The third kappa shape index (κ3) is 7.70. The summed E-state index contributed by atoms with van der Waals surface area (Å²) in [5.74, 6) is -0.129. The molecule has 0 aliphatic heterocycles. The summed E-state index contributed by atoms with van der Waals surface area (Å²) in [6, 6.07) is 10.5. The zero-order chi connectivity index (χ0) is 23.0. The van der Waals surface area contributed by atoms with Crippen LogP contribution in [0.1, 0.15) is 38.3 Å². The summed E-state index contributed by atoms with van der Waals surface area (Å²) in [5.41, 5.74) is 1.52. The average Bonchev–Trinajstić information content (AvgIpc) is 2.74. The lowest BCUT2D eigenvalue weighted by atomic mass is 10.1. The third-order valence-electron chi connectivity index (χ3n) is 4.97. The molecule has 0 spiro atoms. The number of benzene rings is 2. The van der Waals surface area contributed by atoms with Crippen LogP contribution in [0.2, 0.25) is 10.0 Å². The number of nitrogens with one attached hydrogen (secondary N) is 1. The van der Waals surface area contributed by atoms with E-state index in [0.717, 1.165) is 17.5 Å². The Kier molecular flexibility index (Phi) is 10.1. The maximum atomic E-state index is 13.3. The van der Waals surface area contributed by atoms with Crippen molar-refractivity contribution in [3.8, 4) is 0 Å². The molecule has 2 amide bonds. The third-order valence-corrected chi connectivity index (χ3v) is 6.62. The van der Waals surface area contributed by atoms with Crippen molar-refractivity contribution in [2.75, 3.05) is 5.75 Å². The lowest BCUT2D eigenvalue weighted by molar-refractivity contribution is -0.138. The highest BCUT2D eigenvalue weighted by atomic mass is 35.5. The van der Waals surface area contributed by atoms with Gasteiger partial charge in [-0.05, 0) is 55.7 Å². The minimum absolute atomic E-state index is 0.00876. The van der Waals surface area contributed by atoms with E-state index in [2.05, 4.69) is 5.32 Å².